The molecule has 1 fully saturated rings. The quantitative estimate of drug-likeness (QED) is 0.679. The summed E-state index contributed by atoms with van der Waals surface area (Å²) in [5.41, 5.74) is 1.39. The van der Waals surface area contributed by atoms with Crippen LogP contribution in [0.3, 0.4) is 0 Å². The van der Waals surface area contributed by atoms with Gasteiger partial charge in [-0.3, -0.25) is 0 Å². The van der Waals surface area contributed by atoms with Crippen molar-refractivity contribution < 1.29 is 14.3 Å². The molecule has 0 aliphatic carbocycles. The van der Waals surface area contributed by atoms with Crippen LogP contribution in [0.2, 0.25) is 0 Å². The Morgan fingerprint density at radius 3 is 2.60 bits per heavy atom. The Bertz CT molecular complexity index is 470. The average Bonchev–Trinajstić information content (AvgIpc) is 2.49. The SMILES string of the molecule is CCOC(=O)c1ccc(NC(=S)N2CCOCC2)cc1. The molecule has 1 aliphatic rings. The number of morpholine rings is 1. The van der Waals surface area contributed by atoms with Gasteiger partial charge in [-0.25, -0.2) is 4.79 Å². The molecular weight excluding hydrogens is 276 g/mol. The highest BCUT2D eigenvalue weighted by Crippen LogP contribution is 2.12. The van der Waals surface area contributed by atoms with E-state index in [0.717, 1.165) is 18.8 Å². The van der Waals surface area contributed by atoms with Gasteiger partial charge in [-0.2, -0.15) is 0 Å². The van der Waals surface area contributed by atoms with Gasteiger partial charge in [-0.15, -0.1) is 0 Å². The molecule has 20 heavy (non-hydrogen) atoms. The van der Waals surface area contributed by atoms with E-state index in [1.807, 2.05) is 12.1 Å². The number of nitrogens with zero attached hydrogens (tertiary/aromatic N) is 1. The molecule has 1 aromatic carbocycles. The van der Waals surface area contributed by atoms with Crippen molar-refractivity contribution in [1.82, 2.24) is 4.90 Å². The minimum Gasteiger partial charge on any atom is -0.462 e. The van der Waals surface area contributed by atoms with Gasteiger partial charge >= 0.3 is 5.97 Å². The molecule has 0 bridgehead atoms. The van der Waals surface area contributed by atoms with E-state index in [1.165, 1.54) is 0 Å². The van der Waals surface area contributed by atoms with Crippen molar-refractivity contribution in [2.45, 2.75) is 6.92 Å². The first-order valence-corrected chi connectivity index (χ1v) is 7.02. The van der Waals surface area contributed by atoms with Crippen LogP contribution in [0.5, 0.6) is 0 Å². The number of esters is 1. The van der Waals surface area contributed by atoms with Gasteiger partial charge in [0.1, 0.15) is 0 Å². The van der Waals surface area contributed by atoms with Gasteiger partial charge in [0.15, 0.2) is 5.11 Å². The molecule has 0 radical (unpaired) electrons. The highest BCUT2D eigenvalue weighted by molar-refractivity contribution is 7.80. The van der Waals surface area contributed by atoms with Crippen LogP contribution >= 0.6 is 12.2 Å². The Hall–Kier alpha value is -1.66. The molecule has 1 aromatic rings. The summed E-state index contributed by atoms with van der Waals surface area (Å²) < 4.78 is 10.2. The molecule has 108 valence electrons. The molecule has 1 saturated heterocycles. The number of nitrogens with one attached hydrogen (secondary N) is 1. The Labute approximate surface area is 123 Å². The normalized spacial score (nSPS) is 14.8. The fraction of sp³-hybridized carbons (Fsp3) is 0.429. The Kier molecular flexibility index (Phi) is 5.31. The largest absolute Gasteiger partial charge is 0.462 e. The second-order valence-electron chi connectivity index (χ2n) is 4.33. The van der Waals surface area contributed by atoms with Crippen molar-refractivity contribution >= 4 is 29.0 Å². The molecule has 0 amide bonds. The molecule has 1 heterocycles. The molecule has 0 unspecified atom stereocenters. The molecule has 2 rings (SSSR count). The van der Waals surface area contributed by atoms with Gasteiger partial charge in [0.2, 0.25) is 0 Å². The number of benzene rings is 1. The van der Waals surface area contributed by atoms with Crippen molar-refractivity contribution in [1.29, 1.82) is 0 Å². The fourth-order valence-electron chi connectivity index (χ4n) is 1.87. The van der Waals surface area contributed by atoms with Crippen LogP contribution in [0.1, 0.15) is 17.3 Å². The topological polar surface area (TPSA) is 50.8 Å². The molecule has 0 saturated carbocycles. The number of carbonyl (C=O) groups excluding carboxylic acids is 1. The van der Waals surface area contributed by atoms with E-state index in [4.69, 9.17) is 21.7 Å². The lowest BCUT2D eigenvalue weighted by Crippen LogP contribution is -2.42. The van der Waals surface area contributed by atoms with E-state index >= 15 is 0 Å². The van der Waals surface area contributed by atoms with Crippen LogP contribution in [0.4, 0.5) is 5.69 Å². The van der Waals surface area contributed by atoms with Crippen LogP contribution in [0.25, 0.3) is 0 Å². The number of hydrogen-bond donors (Lipinski definition) is 1. The molecule has 1 N–H and O–H groups in total. The Morgan fingerprint density at radius 1 is 1.35 bits per heavy atom. The third-order valence-electron chi connectivity index (χ3n) is 2.95. The van der Waals surface area contributed by atoms with Crippen LogP contribution in [0, 0.1) is 0 Å². The smallest absolute Gasteiger partial charge is 0.338 e. The van der Waals surface area contributed by atoms with Gasteiger partial charge in [0.25, 0.3) is 0 Å². The maximum absolute atomic E-state index is 11.5. The third kappa shape index (κ3) is 3.91. The van der Waals surface area contributed by atoms with E-state index in [-0.39, 0.29) is 5.97 Å². The van der Waals surface area contributed by atoms with Crippen LogP contribution in [-0.4, -0.2) is 48.9 Å². The molecule has 0 atom stereocenters. The summed E-state index contributed by atoms with van der Waals surface area (Å²) in [6.07, 6.45) is 0. The van der Waals surface area contributed by atoms with Crippen molar-refractivity contribution in [3.8, 4) is 0 Å². The minimum atomic E-state index is -0.310. The molecule has 6 heteroatoms. The first kappa shape index (κ1) is 14.7. The number of hydrogen-bond acceptors (Lipinski definition) is 4. The fourth-order valence-corrected chi connectivity index (χ4v) is 2.17. The van der Waals surface area contributed by atoms with Gasteiger partial charge in [-0.1, -0.05) is 0 Å². The average molecular weight is 294 g/mol. The summed E-state index contributed by atoms with van der Waals surface area (Å²) in [5, 5.41) is 3.84. The highest BCUT2D eigenvalue weighted by Gasteiger charge is 2.13. The summed E-state index contributed by atoms with van der Waals surface area (Å²) in [6, 6.07) is 7.09. The number of thiocarbonyl (C=S) groups is 1. The van der Waals surface area contributed by atoms with Gasteiger partial charge < -0.3 is 19.7 Å². The molecule has 0 aromatic heterocycles. The van der Waals surface area contributed by atoms with Crippen LogP contribution in [-0.2, 0) is 9.47 Å². The first-order valence-electron chi connectivity index (χ1n) is 6.61. The Balaban J connectivity index is 1.92. The second kappa shape index (κ2) is 7.21. The molecule has 0 spiro atoms. The van der Waals surface area contributed by atoms with E-state index in [9.17, 15) is 4.79 Å². The number of ether oxygens (including phenoxy) is 2. The summed E-state index contributed by atoms with van der Waals surface area (Å²) in [4.78, 5) is 13.6. The molecular formula is C14H18N2O3S. The van der Waals surface area contributed by atoms with E-state index in [0.29, 0.717) is 30.5 Å². The Morgan fingerprint density at radius 2 is 2.00 bits per heavy atom. The zero-order valence-electron chi connectivity index (χ0n) is 11.4. The summed E-state index contributed by atoms with van der Waals surface area (Å²) in [7, 11) is 0. The summed E-state index contributed by atoms with van der Waals surface area (Å²) in [6.45, 7) is 5.15. The third-order valence-corrected chi connectivity index (χ3v) is 3.31. The maximum Gasteiger partial charge on any atom is 0.338 e. The van der Waals surface area contributed by atoms with Crippen molar-refractivity contribution in [3.63, 3.8) is 0 Å². The minimum absolute atomic E-state index is 0.310. The van der Waals surface area contributed by atoms with E-state index in [1.54, 1.807) is 19.1 Å². The van der Waals surface area contributed by atoms with Gasteiger partial charge in [0.05, 0.1) is 25.4 Å². The summed E-state index contributed by atoms with van der Waals surface area (Å²) >= 11 is 5.35. The zero-order valence-corrected chi connectivity index (χ0v) is 12.2. The maximum atomic E-state index is 11.5. The second-order valence-corrected chi connectivity index (χ2v) is 4.71. The first-order chi connectivity index (χ1) is 9.70. The van der Waals surface area contributed by atoms with Crippen LogP contribution in [0.15, 0.2) is 24.3 Å². The van der Waals surface area contributed by atoms with Crippen molar-refractivity contribution in [2.75, 3.05) is 38.2 Å². The lowest BCUT2D eigenvalue weighted by Gasteiger charge is -2.29. The van der Waals surface area contributed by atoms with E-state index in [2.05, 4.69) is 10.2 Å². The van der Waals surface area contributed by atoms with Crippen LogP contribution < -0.4 is 5.32 Å². The van der Waals surface area contributed by atoms with Gasteiger partial charge in [0, 0.05) is 18.8 Å². The van der Waals surface area contributed by atoms with E-state index < -0.39 is 0 Å². The molecule has 1 aliphatic heterocycles. The van der Waals surface area contributed by atoms with Crippen molar-refractivity contribution in [2.24, 2.45) is 0 Å². The number of anilines is 1. The monoisotopic (exact) mass is 294 g/mol. The lowest BCUT2D eigenvalue weighted by molar-refractivity contribution is 0.0526. The molecule has 5 nitrogen and oxygen atoms in total. The zero-order chi connectivity index (χ0) is 14.4. The van der Waals surface area contributed by atoms with Crippen molar-refractivity contribution in [3.05, 3.63) is 29.8 Å². The summed E-state index contributed by atoms with van der Waals surface area (Å²) in [5.74, 6) is -0.310. The number of rotatable bonds is 3. The predicted octanol–water partition coefficient (Wildman–Crippen LogP) is 1.89. The number of carbonyl (C=O) groups is 1. The lowest BCUT2D eigenvalue weighted by atomic mass is 10.2. The van der Waals surface area contributed by atoms with Gasteiger partial charge in [-0.05, 0) is 43.4 Å². The predicted molar refractivity (Wildman–Crippen MR) is 81.0 cm³/mol. The standard InChI is InChI=1S/C14H18N2O3S/c1-2-19-13(17)11-3-5-12(6-4-11)15-14(20)16-7-9-18-10-8-16/h3-6H,2,7-10H2,1H3,(H,15,20). The highest BCUT2D eigenvalue weighted by atomic mass is 32.1.